The van der Waals surface area contributed by atoms with Gasteiger partial charge in [0.15, 0.2) is 0 Å². The van der Waals surface area contributed by atoms with Gasteiger partial charge < -0.3 is 16.0 Å². The average molecular weight is 275 g/mol. The normalized spacial score (nSPS) is 11.2. The van der Waals surface area contributed by atoms with E-state index in [1.54, 1.807) is 25.1 Å². The van der Waals surface area contributed by atoms with Crippen molar-refractivity contribution in [2.75, 3.05) is 24.1 Å². The second kappa shape index (κ2) is 6.31. The number of benzene rings is 1. The van der Waals surface area contributed by atoms with Crippen LogP contribution in [0.5, 0.6) is 0 Å². The molecule has 0 bridgehead atoms. The van der Waals surface area contributed by atoms with E-state index in [0.29, 0.717) is 17.8 Å². The van der Waals surface area contributed by atoms with Gasteiger partial charge in [-0.05, 0) is 24.6 Å². The Labute approximate surface area is 109 Å². The molecule has 4 nitrogen and oxygen atoms in total. The Bertz CT molecular complexity index is 434. The van der Waals surface area contributed by atoms with Crippen LogP contribution in [0.25, 0.3) is 0 Å². The predicted octanol–water partition coefficient (Wildman–Crippen LogP) is 3.08. The van der Waals surface area contributed by atoms with Crippen LogP contribution in [-0.4, -0.2) is 30.2 Å². The molecule has 0 aliphatic heterocycles. The number of urea groups is 1. The van der Waals surface area contributed by atoms with E-state index < -0.39 is 18.8 Å². The average Bonchev–Trinajstić information content (AvgIpc) is 2.26. The van der Waals surface area contributed by atoms with Crippen LogP contribution in [0, 0.1) is 0 Å². The Morgan fingerprint density at radius 2 is 2.11 bits per heavy atom. The molecule has 1 rings (SSSR count). The second-order valence-corrected chi connectivity index (χ2v) is 4.09. The maximum atomic E-state index is 12.4. The van der Waals surface area contributed by atoms with Crippen LogP contribution in [0.15, 0.2) is 24.3 Å². The summed E-state index contributed by atoms with van der Waals surface area (Å²) in [7, 11) is 0. The predicted molar refractivity (Wildman–Crippen MR) is 67.8 cm³/mol. The monoisotopic (exact) mass is 275 g/mol. The standard InChI is InChI=1S/C12H16F3N3O/c1-2-6-18(8-12(13,14)15)11(19)17-10-5-3-4-9(16)7-10/h3-5,7H,2,6,8,16H2,1H3,(H,17,19). The molecule has 0 saturated heterocycles. The fourth-order valence-corrected chi connectivity index (χ4v) is 1.56. The summed E-state index contributed by atoms with van der Waals surface area (Å²) >= 11 is 0. The van der Waals surface area contributed by atoms with Gasteiger partial charge in [0.2, 0.25) is 0 Å². The first-order valence-corrected chi connectivity index (χ1v) is 5.80. The Kier molecular flexibility index (Phi) is 5.02. The number of anilines is 2. The fourth-order valence-electron chi connectivity index (χ4n) is 1.56. The number of nitrogens with zero attached hydrogens (tertiary/aromatic N) is 1. The Morgan fingerprint density at radius 1 is 1.42 bits per heavy atom. The smallest absolute Gasteiger partial charge is 0.399 e. The van der Waals surface area contributed by atoms with Crippen LogP contribution in [0.3, 0.4) is 0 Å². The minimum absolute atomic E-state index is 0.0354. The molecule has 106 valence electrons. The summed E-state index contributed by atoms with van der Waals surface area (Å²) in [6, 6.07) is 5.49. The van der Waals surface area contributed by atoms with E-state index in [9.17, 15) is 18.0 Å². The molecule has 0 aliphatic carbocycles. The number of nitrogens with one attached hydrogen (secondary N) is 1. The first-order chi connectivity index (χ1) is 8.81. The van der Waals surface area contributed by atoms with Crippen LogP contribution in [0.2, 0.25) is 0 Å². The van der Waals surface area contributed by atoms with Gasteiger partial charge >= 0.3 is 12.2 Å². The first-order valence-electron chi connectivity index (χ1n) is 5.80. The summed E-state index contributed by atoms with van der Waals surface area (Å²) in [5.41, 5.74) is 6.32. The van der Waals surface area contributed by atoms with E-state index >= 15 is 0 Å². The highest BCUT2D eigenvalue weighted by Gasteiger charge is 2.32. The number of alkyl halides is 3. The minimum Gasteiger partial charge on any atom is -0.399 e. The number of amides is 2. The Morgan fingerprint density at radius 3 is 2.63 bits per heavy atom. The molecule has 7 heteroatoms. The zero-order valence-corrected chi connectivity index (χ0v) is 10.5. The van der Waals surface area contributed by atoms with Crippen LogP contribution in [0.4, 0.5) is 29.3 Å². The molecule has 2 amide bonds. The number of rotatable bonds is 4. The van der Waals surface area contributed by atoms with E-state index in [-0.39, 0.29) is 6.54 Å². The molecule has 0 spiro atoms. The van der Waals surface area contributed by atoms with Gasteiger partial charge in [0, 0.05) is 17.9 Å². The number of carbonyl (C=O) groups is 1. The van der Waals surface area contributed by atoms with Gasteiger partial charge in [-0.3, -0.25) is 0 Å². The van der Waals surface area contributed by atoms with Gasteiger partial charge in [0.25, 0.3) is 0 Å². The minimum atomic E-state index is -4.41. The lowest BCUT2D eigenvalue weighted by Crippen LogP contribution is -2.41. The summed E-state index contributed by atoms with van der Waals surface area (Å²) in [5, 5.41) is 2.40. The van der Waals surface area contributed by atoms with E-state index in [4.69, 9.17) is 5.73 Å². The summed E-state index contributed by atoms with van der Waals surface area (Å²) in [5.74, 6) is 0. The summed E-state index contributed by atoms with van der Waals surface area (Å²) in [6.45, 7) is 0.472. The zero-order chi connectivity index (χ0) is 14.5. The van der Waals surface area contributed by atoms with E-state index in [1.807, 2.05) is 0 Å². The van der Waals surface area contributed by atoms with Crippen molar-refractivity contribution in [3.05, 3.63) is 24.3 Å². The van der Waals surface area contributed by atoms with E-state index in [1.165, 1.54) is 6.07 Å². The molecule has 0 unspecified atom stereocenters. The largest absolute Gasteiger partial charge is 0.406 e. The summed E-state index contributed by atoms with van der Waals surface area (Å²) in [4.78, 5) is 12.5. The molecule has 1 aromatic rings. The molecule has 0 saturated carbocycles. The third-order valence-electron chi connectivity index (χ3n) is 2.29. The van der Waals surface area contributed by atoms with Gasteiger partial charge in [-0.15, -0.1) is 0 Å². The molecular formula is C12H16F3N3O. The lowest BCUT2D eigenvalue weighted by Gasteiger charge is -2.23. The molecule has 0 fully saturated rings. The highest BCUT2D eigenvalue weighted by atomic mass is 19.4. The van der Waals surface area contributed by atoms with Crippen molar-refractivity contribution in [1.29, 1.82) is 0 Å². The highest BCUT2D eigenvalue weighted by Crippen LogP contribution is 2.18. The SMILES string of the molecule is CCCN(CC(F)(F)F)C(=O)Nc1cccc(N)c1. The van der Waals surface area contributed by atoms with Crippen LogP contribution in [-0.2, 0) is 0 Å². The van der Waals surface area contributed by atoms with Crippen molar-refractivity contribution in [1.82, 2.24) is 4.90 Å². The molecular weight excluding hydrogens is 259 g/mol. The van der Waals surface area contributed by atoms with Crippen LogP contribution >= 0.6 is 0 Å². The van der Waals surface area contributed by atoms with Crippen LogP contribution in [0.1, 0.15) is 13.3 Å². The van der Waals surface area contributed by atoms with Gasteiger partial charge in [-0.25, -0.2) is 4.79 Å². The Hall–Kier alpha value is -1.92. The van der Waals surface area contributed by atoms with Gasteiger partial charge in [0.1, 0.15) is 6.54 Å². The fraction of sp³-hybridized carbons (Fsp3) is 0.417. The number of nitrogen functional groups attached to an aromatic ring is 1. The van der Waals surface area contributed by atoms with Gasteiger partial charge in [-0.1, -0.05) is 13.0 Å². The lowest BCUT2D eigenvalue weighted by atomic mass is 10.3. The maximum absolute atomic E-state index is 12.4. The van der Waals surface area contributed by atoms with Crippen molar-refractivity contribution in [3.63, 3.8) is 0 Å². The van der Waals surface area contributed by atoms with Crippen molar-refractivity contribution in [2.24, 2.45) is 0 Å². The molecule has 0 radical (unpaired) electrons. The zero-order valence-electron chi connectivity index (χ0n) is 10.5. The molecule has 19 heavy (non-hydrogen) atoms. The molecule has 0 heterocycles. The number of hydrogen-bond donors (Lipinski definition) is 2. The quantitative estimate of drug-likeness (QED) is 0.830. The van der Waals surface area contributed by atoms with E-state index in [2.05, 4.69) is 5.32 Å². The molecule has 3 N–H and O–H groups in total. The third-order valence-corrected chi connectivity index (χ3v) is 2.29. The molecule has 0 aliphatic rings. The second-order valence-electron chi connectivity index (χ2n) is 4.09. The number of halogens is 3. The van der Waals surface area contributed by atoms with Crippen molar-refractivity contribution in [2.45, 2.75) is 19.5 Å². The number of carbonyl (C=O) groups excluding carboxylic acids is 1. The molecule has 0 atom stereocenters. The van der Waals surface area contributed by atoms with Gasteiger partial charge in [0.05, 0.1) is 0 Å². The summed E-state index contributed by atoms with van der Waals surface area (Å²) < 4.78 is 37.1. The van der Waals surface area contributed by atoms with Gasteiger partial charge in [-0.2, -0.15) is 13.2 Å². The summed E-state index contributed by atoms with van der Waals surface area (Å²) in [6.07, 6.45) is -3.97. The Balaban J connectivity index is 2.71. The maximum Gasteiger partial charge on any atom is 0.406 e. The number of hydrogen-bond acceptors (Lipinski definition) is 2. The molecule has 1 aromatic carbocycles. The first kappa shape index (κ1) is 15.1. The topological polar surface area (TPSA) is 58.4 Å². The van der Waals surface area contributed by atoms with Crippen molar-refractivity contribution in [3.8, 4) is 0 Å². The van der Waals surface area contributed by atoms with Crippen LogP contribution < -0.4 is 11.1 Å². The van der Waals surface area contributed by atoms with Crippen molar-refractivity contribution < 1.29 is 18.0 Å². The number of nitrogens with two attached hydrogens (primary N) is 1. The highest BCUT2D eigenvalue weighted by molar-refractivity contribution is 5.89. The van der Waals surface area contributed by atoms with Crippen molar-refractivity contribution >= 4 is 17.4 Å². The molecule has 0 aromatic heterocycles. The third kappa shape index (κ3) is 5.50. The van der Waals surface area contributed by atoms with E-state index in [0.717, 1.165) is 4.90 Å². The lowest BCUT2D eigenvalue weighted by molar-refractivity contribution is -0.139.